The van der Waals surface area contributed by atoms with Crippen molar-refractivity contribution in [3.63, 3.8) is 0 Å². The molecule has 0 radical (unpaired) electrons. The summed E-state index contributed by atoms with van der Waals surface area (Å²) in [6.45, 7) is 5.33. The number of alkyl carbamates (subject to hydrolysis) is 1. The molecule has 1 amide bonds. The zero-order valence-corrected chi connectivity index (χ0v) is 10.0. The topological polar surface area (TPSA) is 88.1 Å². The van der Waals surface area contributed by atoms with E-state index in [4.69, 9.17) is 15.7 Å². The Labute approximate surface area is 95.9 Å². The van der Waals surface area contributed by atoms with Crippen molar-refractivity contribution in [3.8, 4) is 6.07 Å². The molecular weight excluding hydrogens is 206 g/mol. The van der Waals surface area contributed by atoms with Crippen molar-refractivity contribution < 1.29 is 9.53 Å². The highest BCUT2D eigenvalue weighted by atomic mass is 16.6. The van der Waals surface area contributed by atoms with Gasteiger partial charge in [0.15, 0.2) is 0 Å². The lowest BCUT2D eigenvalue weighted by molar-refractivity contribution is 0.0476. The smallest absolute Gasteiger partial charge is 0.408 e. The van der Waals surface area contributed by atoms with E-state index in [0.717, 1.165) is 12.8 Å². The van der Waals surface area contributed by atoms with Crippen LogP contribution >= 0.6 is 0 Å². The van der Waals surface area contributed by atoms with Gasteiger partial charge in [-0.2, -0.15) is 5.26 Å². The van der Waals surface area contributed by atoms with Crippen molar-refractivity contribution >= 4 is 6.09 Å². The zero-order chi connectivity index (χ0) is 12.4. The van der Waals surface area contributed by atoms with Gasteiger partial charge in [0.25, 0.3) is 0 Å². The van der Waals surface area contributed by atoms with Gasteiger partial charge in [0.05, 0.1) is 6.07 Å². The molecule has 0 aliphatic heterocycles. The lowest BCUT2D eigenvalue weighted by Crippen LogP contribution is -2.56. The zero-order valence-electron chi connectivity index (χ0n) is 10.0. The van der Waals surface area contributed by atoms with Crippen molar-refractivity contribution in [1.82, 2.24) is 5.32 Å². The molecule has 1 fully saturated rings. The van der Waals surface area contributed by atoms with Gasteiger partial charge in [-0.05, 0) is 40.0 Å². The Morgan fingerprint density at radius 3 is 2.62 bits per heavy atom. The quantitative estimate of drug-likeness (QED) is 0.703. The summed E-state index contributed by atoms with van der Waals surface area (Å²) >= 11 is 0. The first kappa shape index (κ1) is 12.8. The predicted octanol–water partition coefficient (Wildman–Crippen LogP) is 1.28. The van der Waals surface area contributed by atoms with E-state index in [1.165, 1.54) is 0 Å². The van der Waals surface area contributed by atoms with Gasteiger partial charge in [0.2, 0.25) is 0 Å². The number of ether oxygens (including phenoxy) is 1. The number of amides is 1. The van der Waals surface area contributed by atoms with Crippen LogP contribution in [-0.4, -0.2) is 23.3 Å². The largest absolute Gasteiger partial charge is 0.444 e. The van der Waals surface area contributed by atoms with E-state index in [2.05, 4.69) is 11.4 Å². The molecule has 1 rings (SSSR count). The summed E-state index contributed by atoms with van der Waals surface area (Å²) in [6, 6.07) is 1.79. The molecule has 0 spiro atoms. The molecule has 3 N–H and O–H groups in total. The highest BCUT2D eigenvalue weighted by molar-refractivity contribution is 5.69. The molecule has 1 aliphatic rings. The molecule has 0 saturated heterocycles. The third-order valence-electron chi connectivity index (χ3n) is 2.64. The van der Waals surface area contributed by atoms with Gasteiger partial charge >= 0.3 is 6.09 Å². The maximum absolute atomic E-state index is 11.6. The van der Waals surface area contributed by atoms with Gasteiger partial charge in [-0.15, -0.1) is 0 Å². The minimum absolute atomic E-state index is 0.315. The minimum atomic E-state index is -0.956. The molecule has 0 heterocycles. The predicted molar refractivity (Wildman–Crippen MR) is 59.5 cm³/mol. The van der Waals surface area contributed by atoms with Crippen molar-refractivity contribution in [2.45, 2.75) is 57.2 Å². The number of nitrogens with zero attached hydrogens (tertiary/aromatic N) is 1. The van der Waals surface area contributed by atoms with Crippen LogP contribution in [0, 0.1) is 11.3 Å². The second-order valence-electron chi connectivity index (χ2n) is 5.21. The second-order valence-corrected chi connectivity index (χ2v) is 5.21. The Balaban J connectivity index is 2.65. The van der Waals surface area contributed by atoms with Crippen LogP contribution in [0.15, 0.2) is 0 Å². The van der Waals surface area contributed by atoms with E-state index in [9.17, 15) is 4.79 Å². The van der Waals surface area contributed by atoms with Gasteiger partial charge in [0.1, 0.15) is 11.1 Å². The van der Waals surface area contributed by atoms with Crippen molar-refractivity contribution in [1.29, 1.82) is 5.26 Å². The van der Waals surface area contributed by atoms with Crippen LogP contribution < -0.4 is 11.1 Å². The van der Waals surface area contributed by atoms with Crippen LogP contribution in [0.1, 0.15) is 40.0 Å². The van der Waals surface area contributed by atoms with Gasteiger partial charge in [-0.1, -0.05) is 0 Å². The van der Waals surface area contributed by atoms with Crippen LogP contribution in [0.4, 0.5) is 4.79 Å². The highest BCUT2D eigenvalue weighted by Crippen LogP contribution is 2.28. The minimum Gasteiger partial charge on any atom is -0.444 e. The van der Waals surface area contributed by atoms with Gasteiger partial charge in [-0.3, -0.25) is 0 Å². The van der Waals surface area contributed by atoms with Gasteiger partial charge < -0.3 is 15.8 Å². The Morgan fingerprint density at radius 2 is 2.25 bits per heavy atom. The van der Waals surface area contributed by atoms with E-state index in [-0.39, 0.29) is 6.04 Å². The highest BCUT2D eigenvalue weighted by Gasteiger charge is 2.43. The van der Waals surface area contributed by atoms with Crippen molar-refractivity contribution in [2.75, 3.05) is 0 Å². The lowest BCUT2D eigenvalue weighted by atomic mass is 9.96. The Bertz CT molecular complexity index is 316. The number of carbonyl (C=O) groups is 1. The number of carbonyl (C=O) groups excluding carboxylic acids is 1. The molecule has 16 heavy (non-hydrogen) atoms. The van der Waals surface area contributed by atoms with Crippen LogP contribution in [-0.2, 0) is 4.74 Å². The molecule has 90 valence electrons. The van der Waals surface area contributed by atoms with E-state index < -0.39 is 17.2 Å². The summed E-state index contributed by atoms with van der Waals surface area (Å²) in [5, 5.41) is 11.7. The molecule has 5 heteroatoms. The number of nitrogens with two attached hydrogens (primary N) is 1. The summed E-state index contributed by atoms with van der Waals surface area (Å²) in [4.78, 5) is 11.6. The third-order valence-corrected chi connectivity index (χ3v) is 2.64. The Morgan fingerprint density at radius 1 is 1.62 bits per heavy atom. The summed E-state index contributed by atoms with van der Waals surface area (Å²) < 4.78 is 5.12. The average Bonchev–Trinajstić information content (AvgIpc) is 2.45. The fourth-order valence-corrected chi connectivity index (χ4v) is 1.84. The molecule has 2 unspecified atom stereocenters. The fourth-order valence-electron chi connectivity index (χ4n) is 1.84. The monoisotopic (exact) mass is 225 g/mol. The summed E-state index contributed by atoms with van der Waals surface area (Å²) in [7, 11) is 0. The summed E-state index contributed by atoms with van der Waals surface area (Å²) in [6.07, 6.45) is 1.61. The van der Waals surface area contributed by atoms with Crippen molar-refractivity contribution in [2.24, 2.45) is 5.73 Å². The first-order valence-corrected chi connectivity index (χ1v) is 5.47. The van der Waals surface area contributed by atoms with Crippen LogP contribution in [0.5, 0.6) is 0 Å². The maximum Gasteiger partial charge on any atom is 0.408 e. The Kier molecular flexibility index (Phi) is 3.44. The number of hydrogen-bond acceptors (Lipinski definition) is 4. The lowest BCUT2D eigenvalue weighted by Gasteiger charge is -2.29. The Hall–Kier alpha value is -1.28. The van der Waals surface area contributed by atoms with Crippen LogP contribution in [0.25, 0.3) is 0 Å². The third kappa shape index (κ3) is 2.86. The van der Waals surface area contributed by atoms with Crippen molar-refractivity contribution in [3.05, 3.63) is 0 Å². The van der Waals surface area contributed by atoms with Crippen LogP contribution in [0.3, 0.4) is 0 Å². The van der Waals surface area contributed by atoms with Crippen LogP contribution in [0.2, 0.25) is 0 Å². The number of nitrogens with one attached hydrogen (secondary N) is 1. The molecular formula is C11H19N3O2. The maximum atomic E-state index is 11.6. The van der Waals surface area contributed by atoms with E-state index in [0.29, 0.717) is 6.42 Å². The molecule has 0 aromatic heterocycles. The molecule has 0 bridgehead atoms. The van der Waals surface area contributed by atoms with Gasteiger partial charge in [-0.25, -0.2) is 4.79 Å². The molecule has 2 atom stereocenters. The molecule has 5 nitrogen and oxygen atoms in total. The standard InChI is InChI=1S/C11H19N3O2/c1-10(2,3)16-9(15)14-11(7-12)6-4-5-8(11)13/h8H,4-6,13H2,1-3H3,(H,14,15). The molecule has 1 aliphatic carbocycles. The fraction of sp³-hybridized carbons (Fsp3) is 0.818. The molecule has 0 aromatic rings. The number of nitriles is 1. The molecule has 0 aromatic carbocycles. The second kappa shape index (κ2) is 4.30. The first-order chi connectivity index (χ1) is 7.29. The van der Waals surface area contributed by atoms with E-state index >= 15 is 0 Å². The first-order valence-electron chi connectivity index (χ1n) is 5.47. The van der Waals surface area contributed by atoms with E-state index in [1.54, 1.807) is 20.8 Å². The van der Waals surface area contributed by atoms with E-state index in [1.807, 2.05) is 0 Å². The van der Waals surface area contributed by atoms with Gasteiger partial charge in [0, 0.05) is 6.04 Å². The summed E-state index contributed by atoms with van der Waals surface area (Å²) in [5.41, 5.74) is 4.32. The summed E-state index contributed by atoms with van der Waals surface area (Å²) in [5.74, 6) is 0. The number of rotatable bonds is 1. The average molecular weight is 225 g/mol. The SMILES string of the molecule is CC(C)(C)OC(=O)NC1(C#N)CCCC1N. The number of hydrogen-bond donors (Lipinski definition) is 2. The normalized spacial score (nSPS) is 29.6. The molecule has 1 saturated carbocycles.